The molecule has 0 unspecified atom stereocenters. The fraction of sp³-hybridized carbons (Fsp3) is 0.909. The molecule has 1 rings (SSSR count). The van der Waals surface area contributed by atoms with Crippen LogP contribution in [0.5, 0.6) is 0 Å². The minimum absolute atomic E-state index is 0. The van der Waals surface area contributed by atoms with Crippen LogP contribution in [0.2, 0.25) is 0 Å². The first-order valence-corrected chi connectivity index (χ1v) is 9.29. The zero-order valence-electron chi connectivity index (χ0n) is 11.8. The first kappa shape index (κ1) is 20.0. The minimum atomic E-state index is -3.21. The highest BCUT2D eigenvalue weighted by Crippen LogP contribution is 2.12. The molecule has 6 nitrogen and oxygen atoms in total. The molecule has 0 bridgehead atoms. The van der Waals surface area contributed by atoms with Crippen LogP contribution in [0.15, 0.2) is 0 Å². The highest BCUT2D eigenvalue weighted by atomic mass is 35.5. The smallest absolute Gasteiger partial charge is 0.220 e. The summed E-state index contributed by atoms with van der Waals surface area (Å²) >= 11 is 1.77. The van der Waals surface area contributed by atoms with E-state index in [1.54, 1.807) is 11.8 Å². The Kier molecular flexibility index (Phi) is 10.7. The maximum absolute atomic E-state index is 12.0. The molecule has 9 heteroatoms. The number of carbonyl (C=O) groups is 1. The van der Waals surface area contributed by atoms with Crippen molar-refractivity contribution >= 4 is 40.1 Å². The van der Waals surface area contributed by atoms with Crippen molar-refractivity contribution in [3.8, 4) is 0 Å². The number of nitrogens with zero attached hydrogens (tertiary/aromatic N) is 1. The molecule has 0 aromatic heterocycles. The molecule has 1 heterocycles. The van der Waals surface area contributed by atoms with Gasteiger partial charge in [-0.25, -0.2) is 12.7 Å². The first-order chi connectivity index (χ1) is 9.06. The predicted octanol–water partition coefficient (Wildman–Crippen LogP) is -0.0974. The van der Waals surface area contributed by atoms with E-state index in [4.69, 9.17) is 0 Å². The van der Waals surface area contributed by atoms with E-state index in [2.05, 4.69) is 10.6 Å². The van der Waals surface area contributed by atoms with Crippen molar-refractivity contribution in [3.63, 3.8) is 0 Å². The van der Waals surface area contributed by atoms with E-state index >= 15 is 0 Å². The number of sulfonamides is 1. The molecule has 0 atom stereocenters. The Bertz CT molecular complexity index is 373. The molecule has 1 aliphatic rings. The average molecular weight is 346 g/mol. The van der Waals surface area contributed by atoms with E-state index in [0.717, 1.165) is 24.5 Å². The number of halogens is 1. The monoisotopic (exact) mass is 345 g/mol. The summed E-state index contributed by atoms with van der Waals surface area (Å²) in [4.78, 5) is 11.4. The Balaban J connectivity index is 0.00000361. The van der Waals surface area contributed by atoms with Crippen LogP contribution in [0.1, 0.15) is 12.8 Å². The third-order valence-corrected chi connectivity index (χ3v) is 5.69. The van der Waals surface area contributed by atoms with Crippen molar-refractivity contribution < 1.29 is 13.2 Å². The maximum atomic E-state index is 12.0. The summed E-state index contributed by atoms with van der Waals surface area (Å²) in [6.07, 6.45) is 1.19. The lowest BCUT2D eigenvalue weighted by molar-refractivity contribution is -0.121. The van der Waals surface area contributed by atoms with Gasteiger partial charge in [0.05, 0.1) is 5.75 Å². The van der Waals surface area contributed by atoms with E-state index in [1.165, 1.54) is 4.31 Å². The molecule has 0 aromatic carbocycles. The van der Waals surface area contributed by atoms with Crippen LogP contribution < -0.4 is 10.6 Å². The summed E-state index contributed by atoms with van der Waals surface area (Å²) in [6, 6.07) is 0. The molecule has 1 fully saturated rings. The molecule has 0 saturated carbocycles. The highest BCUT2D eigenvalue weighted by Gasteiger charge is 2.23. The second-order valence-corrected chi connectivity index (χ2v) is 7.70. The number of thioether (sulfide) groups is 1. The van der Waals surface area contributed by atoms with E-state index in [9.17, 15) is 13.2 Å². The zero-order valence-corrected chi connectivity index (χ0v) is 14.2. The highest BCUT2D eigenvalue weighted by molar-refractivity contribution is 7.99. The fourth-order valence-corrected chi connectivity index (χ4v) is 4.28. The lowest BCUT2D eigenvalue weighted by Gasteiger charge is -2.25. The van der Waals surface area contributed by atoms with Gasteiger partial charge < -0.3 is 10.6 Å². The van der Waals surface area contributed by atoms with Gasteiger partial charge >= 0.3 is 0 Å². The Morgan fingerprint density at radius 1 is 1.25 bits per heavy atom. The lowest BCUT2D eigenvalue weighted by atomic mass is 10.3. The van der Waals surface area contributed by atoms with Crippen LogP contribution in [0.4, 0.5) is 0 Å². The van der Waals surface area contributed by atoms with Gasteiger partial charge in [0.25, 0.3) is 0 Å². The van der Waals surface area contributed by atoms with Gasteiger partial charge in [-0.3, -0.25) is 4.79 Å². The van der Waals surface area contributed by atoms with Gasteiger partial charge in [0.1, 0.15) is 0 Å². The van der Waals surface area contributed by atoms with E-state index in [0.29, 0.717) is 19.5 Å². The lowest BCUT2D eigenvalue weighted by Crippen LogP contribution is -2.41. The van der Waals surface area contributed by atoms with Gasteiger partial charge in [0.15, 0.2) is 0 Å². The number of hydrogen-bond acceptors (Lipinski definition) is 5. The summed E-state index contributed by atoms with van der Waals surface area (Å²) in [5.41, 5.74) is 0. The third-order valence-electron chi connectivity index (χ3n) is 2.88. The Morgan fingerprint density at radius 3 is 2.50 bits per heavy atom. The van der Waals surface area contributed by atoms with Crippen LogP contribution >= 0.6 is 24.2 Å². The summed E-state index contributed by atoms with van der Waals surface area (Å²) in [7, 11) is -1.38. The zero-order chi connectivity index (χ0) is 14.1. The average Bonchev–Trinajstić information content (AvgIpc) is 2.40. The van der Waals surface area contributed by atoms with Gasteiger partial charge in [0, 0.05) is 37.6 Å². The topological polar surface area (TPSA) is 78.5 Å². The van der Waals surface area contributed by atoms with Gasteiger partial charge in [0.2, 0.25) is 15.9 Å². The molecular formula is C11H24ClN3O3S2. The molecule has 1 amide bonds. The molecule has 0 spiro atoms. The van der Waals surface area contributed by atoms with Crippen molar-refractivity contribution in [2.75, 3.05) is 50.5 Å². The van der Waals surface area contributed by atoms with Crippen LogP contribution in [0.25, 0.3) is 0 Å². The summed E-state index contributed by atoms with van der Waals surface area (Å²) < 4.78 is 25.5. The van der Waals surface area contributed by atoms with Gasteiger partial charge in [-0.05, 0) is 20.0 Å². The van der Waals surface area contributed by atoms with Gasteiger partial charge in [-0.1, -0.05) is 0 Å². The molecule has 120 valence electrons. The number of nitrogens with one attached hydrogen (secondary N) is 2. The van der Waals surface area contributed by atoms with Crippen molar-refractivity contribution in [1.29, 1.82) is 0 Å². The van der Waals surface area contributed by atoms with Crippen LogP contribution in [-0.4, -0.2) is 69.1 Å². The van der Waals surface area contributed by atoms with E-state index < -0.39 is 10.0 Å². The largest absolute Gasteiger partial charge is 0.355 e. The van der Waals surface area contributed by atoms with Crippen molar-refractivity contribution in [1.82, 2.24) is 14.9 Å². The molecule has 2 N–H and O–H groups in total. The minimum Gasteiger partial charge on any atom is -0.355 e. The number of rotatable bonds is 8. The summed E-state index contributed by atoms with van der Waals surface area (Å²) in [6.45, 7) is 2.16. The SMILES string of the molecule is CNCCCC(=O)NCCS(=O)(=O)N1CCSCC1.Cl. The molecule has 1 aliphatic heterocycles. The van der Waals surface area contributed by atoms with Crippen LogP contribution in [0, 0.1) is 0 Å². The van der Waals surface area contributed by atoms with E-state index in [-0.39, 0.29) is 30.6 Å². The van der Waals surface area contributed by atoms with Gasteiger partial charge in [-0.15, -0.1) is 12.4 Å². The first-order valence-electron chi connectivity index (χ1n) is 6.53. The quantitative estimate of drug-likeness (QED) is 0.601. The standard InChI is InChI=1S/C11H23N3O3S2.ClH/c1-12-4-2-3-11(15)13-5-10-19(16,17)14-6-8-18-9-7-14;/h12H,2-10H2,1H3,(H,13,15);1H. The number of amides is 1. The van der Waals surface area contributed by atoms with Gasteiger partial charge in [-0.2, -0.15) is 11.8 Å². The molecular weight excluding hydrogens is 322 g/mol. The van der Waals surface area contributed by atoms with Crippen molar-refractivity contribution in [3.05, 3.63) is 0 Å². The third kappa shape index (κ3) is 7.68. The molecule has 0 radical (unpaired) electrons. The number of carbonyl (C=O) groups excluding carboxylic acids is 1. The summed E-state index contributed by atoms with van der Waals surface area (Å²) in [5, 5.41) is 5.62. The fourth-order valence-electron chi connectivity index (χ4n) is 1.79. The van der Waals surface area contributed by atoms with Crippen molar-refractivity contribution in [2.45, 2.75) is 12.8 Å². The number of hydrogen-bond donors (Lipinski definition) is 2. The second kappa shape index (κ2) is 10.7. The predicted molar refractivity (Wildman–Crippen MR) is 86.1 cm³/mol. The molecule has 1 saturated heterocycles. The van der Waals surface area contributed by atoms with E-state index in [1.807, 2.05) is 7.05 Å². The Morgan fingerprint density at radius 2 is 1.90 bits per heavy atom. The van der Waals surface area contributed by atoms with Crippen molar-refractivity contribution in [2.24, 2.45) is 0 Å². The summed E-state index contributed by atoms with van der Waals surface area (Å²) in [5.74, 6) is 1.63. The Hall–Kier alpha value is -0.0200. The molecule has 0 aromatic rings. The second-order valence-electron chi connectivity index (χ2n) is 4.38. The Labute approximate surface area is 131 Å². The normalized spacial score (nSPS) is 16.4. The maximum Gasteiger partial charge on any atom is 0.220 e. The molecule has 0 aliphatic carbocycles. The molecule has 20 heavy (non-hydrogen) atoms. The van der Waals surface area contributed by atoms with Crippen LogP contribution in [-0.2, 0) is 14.8 Å². The van der Waals surface area contributed by atoms with Crippen LogP contribution in [0.3, 0.4) is 0 Å².